The SMILES string of the molecule is C[C@@H]1OC(=O)N[C@@H]1C1CC1. The van der Waals surface area contributed by atoms with Gasteiger partial charge in [0.15, 0.2) is 0 Å². The lowest BCUT2D eigenvalue weighted by molar-refractivity contribution is 0.139. The number of amides is 1. The second kappa shape index (κ2) is 1.87. The number of carbonyl (C=O) groups is 1. The molecule has 2 aliphatic rings. The van der Waals surface area contributed by atoms with Gasteiger partial charge in [0.2, 0.25) is 0 Å². The van der Waals surface area contributed by atoms with Crippen LogP contribution in [0, 0.1) is 5.92 Å². The van der Waals surface area contributed by atoms with Crippen molar-refractivity contribution in [3.8, 4) is 0 Å². The Morgan fingerprint density at radius 3 is 2.70 bits per heavy atom. The van der Waals surface area contributed by atoms with Crippen LogP contribution in [0.1, 0.15) is 19.8 Å². The largest absolute Gasteiger partial charge is 0.444 e. The normalized spacial score (nSPS) is 39.1. The van der Waals surface area contributed by atoms with E-state index < -0.39 is 0 Å². The van der Waals surface area contributed by atoms with Crippen LogP contribution in [-0.4, -0.2) is 18.2 Å². The van der Waals surface area contributed by atoms with Crippen molar-refractivity contribution < 1.29 is 9.53 Å². The van der Waals surface area contributed by atoms with Gasteiger partial charge in [-0.1, -0.05) is 0 Å². The van der Waals surface area contributed by atoms with E-state index in [4.69, 9.17) is 4.74 Å². The third-order valence-electron chi connectivity index (χ3n) is 2.21. The van der Waals surface area contributed by atoms with Gasteiger partial charge in [0.25, 0.3) is 0 Å². The van der Waals surface area contributed by atoms with E-state index in [1.807, 2.05) is 6.92 Å². The summed E-state index contributed by atoms with van der Waals surface area (Å²) in [4.78, 5) is 10.7. The van der Waals surface area contributed by atoms with Crippen LogP contribution >= 0.6 is 0 Å². The molecular formula is C7H11NO2. The molecule has 0 aromatic heterocycles. The van der Waals surface area contributed by atoms with Crippen molar-refractivity contribution in [2.45, 2.75) is 31.9 Å². The van der Waals surface area contributed by atoms with Gasteiger partial charge in [-0.25, -0.2) is 4.79 Å². The molecule has 56 valence electrons. The molecule has 1 aliphatic heterocycles. The molecule has 0 aromatic rings. The van der Waals surface area contributed by atoms with E-state index in [1.165, 1.54) is 12.8 Å². The average molecular weight is 141 g/mol. The van der Waals surface area contributed by atoms with Crippen LogP contribution < -0.4 is 5.32 Å². The molecule has 10 heavy (non-hydrogen) atoms. The first-order valence-electron chi connectivity index (χ1n) is 3.74. The predicted octanol–water partition coefficient (Wildman–Crippen LogP) is 0.893. The zero-order valence-corrected chi connectivity index (χ0v) is 5.96. The molecule has 0 radical (unpaired) electrons. The van der Waals surface area contributed by atoms with Gasteiger partial charge in [-0.3, -0.25) is 0 Å². The van der Waals surface area contributed by atoms with Crippen LogP contribution in [0.5, 0.6) is 0 Å². The molecule has 0 unspecified atom stereocenters. The lowest BCUT2D eigenvalue weighted by atomic mass is 10.1. The van der Waals surface area contributed by atoms with Crippen molar-refractivity contribution >= 4 is 6.09 Å². The zero-order valence-electron chi connectivity index (χ0n) is 5.96. The van der Waals surface area contributed by atoms with Crippen molar-refractivity contribution in [1.29, 1.82) is 0 Å². The van der Waals surface area contributed by atoms with Crippen LogP contribution in [0.15, 0.2) is 0 Å². The second-order valence-electron chi connectivity index (χ2n) is 3.12. The molecule has 0 bridgehead atoms. The number of cyclic esters (lactones) is 1. The highest BCUT2D eigenvalue weighted by molar-refractivity contribution is 5.70. The molecule has 1 heterocycles. The summed E-state index contributed by atoms with van der Waals surface area (Å²) in [5.74, 6) is 0.696. The van der Waals surface area contributed by atoms with Crippen LogP contribution in [0.2, 0.25) is 0 Å². The van der Waals surface area contributed by atoms with Gasteiger partial charge in [-0.05, 0) is 25.7 Å². The molecule has 3 nitrogen and oxygen atoms in total. The Kier molecular flexibility index (Phi) is 1.13. The molecule has 1 saturated carbocycles. The van der Waals surface area contributed by atoms with Crippen LogP contribution in [-0.2, 0) is 4.74 Å². The fourth-order valence-electron chi connectivity index (χ4n) is 1.49. The minimum Gasteiger partial charge on any atom is -0.444 e. The fourth-order valence-corrected chi connectivity index (χ4v) is 1.49. The maximum Gasteiger partial charge on any atom is 0.407 e. The summed E-state index contributed by atoms with van der Waals surface area (Å²) in [6, 6.07) is 0.299. The first-order valence-corrected chi connectivity index (χ1v) is 3.74. The molecule has 1 amide bonds. The maximum atomic E-state index is 10.7. The van der Waals surface area contributed by atoms with Crippen molar-refractivity contribution in [3.05, 3.63) is 0 Å². The topological polar surface area (TPSA) is 38.3 Å². The van der Waals surface area contributed by atoms with Gasteiger partial charge in [0.05, 0.1) is 6.04 Å². The van der Waals surface area contributed by atoms with E-state index >= 15 is 0 Å². The predicted molar refractivity (Wildman–Crippen MR) is 35.6 cm³/mol. The second-order valence-corrected chi connectivity index (χ2v) is 3.12. The van der Waals surface area contributed by atoms with Crippen molar-refractivity contribution in [2.75, 3.05) is 0 Å². The zero-order chi connectivity index (χ0) is 7.14. The van der Waals surface area contributed by atoms with E-state index in [0.717, 1.165) is 0 Å². The lowest BCUT2D eigenvalue weighted by Crippen LogP contribution is -2.31. The third-order valence-corrected chi connectivity index (χ3v) is 2.21. The first kappa shape index (κ1) is 6.01. The summed E-state index contributed by atoms with van der Waals surface area (Å²) in [6.45, 7) is 1.95. The molecule has 2 atom stereocenters. The van der Waals surface area contributed by atoms with Crippen LogP contribution in [0.25, 0.3) is 0 Å². The summed E-state index contributed by atoms with van der Waals surface area (Å²) in [6.07, 6.45) is 2.33. The standard InChI is InChI=1S/C7H11NO2/c1-4-6(5-2-3-5)8-7(9)10-4/h4-6H,2-3H2,1H3,(H,8,9)/t4-,6-/m0/s1. The van der Waals surface area contributed by atoms with Crippen LogP contribution in [0.4, 0.5) is 4.79 Å². The average Bonchev–Trinajstić information content (AvgIpc) is 2.61. The minimum atomic E-state index is -0.246. The van der Waals surface area contributed by atoms with E-state index in [0.29, 0.717) is 12.0 Å². The Balaban J connectivity index is 2.01. The molecule has 2 rings (SSSR count). The van der Waals surface area contributed by atoms with Crippen molar-refractivity contribution in [1.82, 2.24) is 5.32 Å². The van der Waals surface area contributed by atoms with Crippen molar-refractivity contribution in [2.24, 2.45) is 5.92 Å². The lowest BCUT2D eigenvalue weighted by Gasteiger charge is -2.09. The van der Waals surface area contributed by atoms with E-state index in [-0.39, 0.29) is 12.2 Å². The number of nitrogens with one attached hydrogen (secondary N) is 1. The Labute approximate surface area is 59.7 Å². The van der Waals surface area contributed by atoms with Gasteiger partial charge >= 0.3 is 6.09 Å². The Hall–Kier alpha value is -0.730. The molecule has 2 fully saturated rings. The summed E-state index contributed by atoms with van der Waals surface area (Å²) < 4.78 is 4.93. The van der Waals surface area contributed by atoms with Gasteiger partial charge in [0.1, 0.15) is 6.10 Å². The van der Waals surface area contributed by atoms with Gasteiger partial charge in [0, 0.05) is 0 Å². The number of hydrogen-bond donors (Lipinski definition) is 1. The number of hydrogen-bond acceptors (Lipinski definition) is 2. The highest BCUT2D eigenvalue weighted by Crippen LogP contribution is 2.36. The minimum absolute atomic E-state index is 0.0833. The monoisotopic (exact) mass is 141 g/mol. The fraction of sp³-hybridized carbons (Fsp3) is 0.857. The molecular weight excluding hydrogens is 130 g/mol. The third kappa shape index (κ3) is 0.856. The maximum absolute atomic E-state index is 10.7. The van der Waals surface area contributed by atoms with Gasteiger partial charge < -0.3 is 10.1 Å². The van der Waals surface area contributed by atoms with Crippen LogP contribution in [0.3, 0.4) is 0 Å². The number of ether oxygens (including phenoxy) is 1. The molecule has 0 spiro atoms. The van der Waals surface area contributed by atoms with Crippen molar-refractivity contribution in [3.63, 3.8) is 0 Å². The molecule has 0 aromatic carbocycles. The summed E-state index contributed by atoms with van der Waals surface area (Å²) in [5.41, 5.74) is 0. The number of rotatable bonds is 1. The summed E-state index contributed by atoms with van der Waals surface area (Å²) >= 11 is 0. The molecule has 1 saturated heterocycles. The smallest absolute Gasteiger partial charge is 0.407 e. The summed E-state index contributed by atoms with van der Waals surface area (Å²) in [5, 5.41) is 2.80. The number of alkyl carbamates (subject to hydrolysis) is 1. The molecule has 1 aliphatic carbocycles. The van der Waals surface area contributed by atoms with E-state index in [2.05, 4.69) is 5.32 Å². The number of carbonyl (C=O) groups excluding carboxylic acids is 1. The molecule has 1 N–H and O–H groups in total. The van der Waals surface area contributed by atoms with Gasteiger partial charge in [-0.15, -0.1) is 0 Å². The quantitative estimate of drug-likeness (QED) is 0.589. The molecule has 3 heteroatoms. The highest BCUT2D eigenvalue weighted by atomic mass is 16.6. The van der Waals surface area contributed by atoms with Gasteiger partial charge in [-0.2, -0.15) is 0 Å². The Morgan fingerprint density at radius 2 is 2.30 bits per heavy atom. The Bertz CT molecular complexity index is 165. The summed E-state index contributed by atoms with van der Waals surface area (Å²) in [7, 11) is 0. The van der Waals surface area contributed by atoms with E-state index in [1.54, 1.807) is 0 Å². The highest BCUT2D eigenvalue weighted by Gasteiger charge is 2.41. The van der Waals surface area contributed by atoms with E-state index in [9.17, 15) is 4.79 Å². The Morgan fingerprint density at radius 1 is 1.60 bits per heavy atom. The first-order chi connectivity index (χ1) is 4.77.